The monoisotopic (exact) mass is 417 g/mol. The molecule has 0 saturated heterocycles. The molecule has 0 fully saturated rings. The summed E-state index contributed by atoms with van der Waals surface area (Å²) in [6, 6.07) is 16.2. The fourth-order valence-corrected chi connectivity index (χ4v) is 4.29. The van der Waals surface area contributed by atoms with Crippen molar-refractivity contribution in [2.75, 3.05) is 13.2 Å². The van der Waals surface area contributed by atoms with Crippen LogP contribution in [0.3, 0.4) is 0 Å². The number of halogens is 1. The zero-order valence-corrected chi connectivity index (χ0v) is 17.9. The summed E-state index contributed by atoms with van der Waals surface area (Å²) in [6.45, 7) is 5.48. The first-order valence-corrected chi connectivity index (χ1v) is 10.4. The second-order valence-corrected chi connectivity index (χ2v) is 7.77. The van der Waals surface area contributed by atoms with Crippen molar-refractivity contribution in [3.05, 3.63) is 82.8 Å². The molecule has 4 aromatic rings. The number of rotatable bonds is 6. The Kier molecular flexibility index (Phi) is 6.09. The smallest absolute Gasteiger partial charge is 0.0717 e. The van der Waals surface area contributed by atoms with E-state index < -0.39 is 0 Å². The molecule has 0 unspecified atom stereocenters. The number of benzene rings is 2. The minimum atomic E-state index is 0.0957. The lowest BCUT2D eigenvalue weighted by molar-refractivity contribution is 0.291. The Morgan fingerprint density at radius 1 is 1.00 bits per heavy atom. The quantitative estimate of drug-likeness (QED) is 0.417. The highest BCUT2D eigenvalue weighted by Gasteiger charge is 2.17. The number of aromatic nitrogens is 2. The standard InChI is InChI=1S/C25H24ClN3O/c1-16-13-23-25(17(2)24(16)18-7-9-27-10-8-18)21(20-5-3-4-6-22(20)26)14-19(29-23)15-28-11-12-30/h3-10,13-14,28,30H,11-12,15H2,1-2H3. The maximum atomic E-state index is 9.09. The van der Waals surface area contributed by atoms with Gasteiger partial charge in [0, 0.05) is 41.5 Å². The van der Waals surface area contributed by atoms with Gasteiger partial charge in [0.05, 0.1) is 17.8 Å². The zero-order chi connectivity index (χ0) is 21.1. The highest BCUT2D eigenvalue weighted by atomic mass is 35.5. The molecule has 2 aromatic heterocycles. The van der Waals surface area contributed by atoms with Gasteiger partial charge in [-0.15, -0.1) is 0 Å². The number of hydrogen-bond acceptors (Lipinski definition) is 4. The highest BCUT2D eigenvalue weighted by Crippen LogP contribution is 2.39. The van der Waals surface area contributed by atoms with Gasteiger partial charge in [-0.2, -0.15) is 0 Å². The van der Waals surface area contributed by atoms with Crippen molar-refractivity contribution >= 4 is 22.5 Å². The van der Waals surface area contributed by atoms with Crippen LogP contribution in [0.5, 0.6) is 0 Å². The number of fused-ring (bicyclic) bond motifs is 1. The number of nitrogens with one attached hydrogen (secondary N) is 1. The van der Waals surface area contributed by atoms with E-state index in [1.807, 2.05) is 48.8 Å². The lowest BCUT2D eigenvalue weighted by Crippen LogP contribution is -2.18. The van der Waals surface area contributed by atoms with Gasteiger partial charge in [-0.25, -0.2) is 0 Å². The van der Waals surface area contributed by atoms with Crippen molar-refractivity contribution in [3.8, 4) is 22.3 Å². The third kappa shape index (κ3) is 3.94. The summed E-state index contributed by atoms with van der Waals surface area (Å²) in [5, 5.41) is 14.1. The van der Waals surface area contributed by atoms with E-state index in [0.29, 0.717) is 18.1 Å². The molecule has 0 aliphatic rings. The van der Waals surface area contributed by atoms with Crippen LogP contribution in [0.15, 0.2) is 60.9 Å². The van der Waals surface area contributed by atoms with Crippen LogP contribution < -0.4 is 5.32 Å². The summed E-state index contributed by atoms with van der Waals surface area (Å²) in [6.07, 6.45) is 3.64. The van der Waals surface area contributed by atoms with Gasteiger partial charge in [-0.3, -0.25) is 9.97 Å². The second kappa shape index (κ2) is 8.92. The van der Waals surface area contributed by atoms with Crippen molar-refractivity contribution in [1.29, 1.82) is 0 Å². The number of nitrogens with zero attached hydrogens (tertiary/aromatic N) is 2. The molecule has 0 bridgehead atoms. The number of aryl methyl sites for hydroxylation is 2. The molecule has 2 aromatic carbocycles. The average molecular weight is 418 g/mol. The van der Waals surface area contributed by atoms with E-state index in [1.165, 1.54) is 16.7 Å². The minimum Gasteiger partial charge on any atom is -0.395 e. The van der Waals surface area contributed by atoms with Crippen LogP contribution in [-0.2, 0) is 6.54 Å². The van der Waals surface area contributed by atoms with Crippen molar-refractivity contribution in [1.82, 2.24) is 15.3 Å². The van der Waals surface area contributed by atoms with Crippen molar-refractivity contribution < 1.29 is 5.11 Å². The first-order valence-electron chi connectivity index (χ1n) is 10.0. The summed E-state index contributed by atoms with van der Waals surface area (Å²) in [4.78, 5) is 9.08. The predicted octanol–water partition coefficient (Wildman–Crippen LogP) is 5.32. The van der Waals surface area contributed by atoms with Crippen LogP contribution >= 0.6 is 11.6 Å². The number of pyridine rings is 2. The summed E-state index contributed by atoms with van der Waals surface area (Å²) in [5.74, 6) is 0. The SMILES string of the molecule is Cc1cc2nc(CNCCO)cc(-c3ccccc3Cl)c2c(C)c1-c1ccncc1. The molecule has 0 spiro atoms. The Morgan fingerprint density at radius 3 is 2.50 bits per heavy atom. The average Bonchev–Trinajstić information content (AvgIpc) is 2.74. The highest BCUT2D eigenvalue weighted by molar-refractivity contribution is 6.33. The van der Waals surface area contributed by atoms with E-state index in [-0.39, 0.29) is 6.61 Å². The first-order chi connectivity index (χ1) is 14.6. The fraction of sp³-hybridized carbons (Fsp3) is 0.200. The van der Waals surface area contributed by atoms with Gasteiger partial charge in [0.25, 0.3) is 0 Å². The van der Waals surface area contributed by atoms with Crippen LogP contribution in [0.25, 0.3) is 33.2 Å². The topological polar surface area (TPSA) is 58.0 Å². The van der Waals surface area contributed by atoms with Crippen molar-refractivity contribution in [2.24, 2.45) is 0 Å². The largest absolute Gasteiger partial charge is 0.395 e. The minimum absolute atomic E-state index is 0.0957. The van der Waals surface area contributed by atoms with E-state index >= 15 is 0 Å². The number of aliphatic hydroxyl groups is 1. The van der Waals surface area contributed by atoms with E-state index in [0.717, 1.165) is 33.3 Å². The van der Waals surface area contributed by atoms with Gasteiger partial charge >= 0.3 is 0 Å². The Balaban J connectivity index is 2.01. The molecule has 152 valence electrons. The maximum Gasteiger partial charge on any atom is 0.0717 e. The molecule has 0 radical (unpaired) electrons. The lowest BCUT2D eigenvalue weighted by atomic mass is 9.89. The Morgan fingerprint density at radius 2 is 1.77 bits per heavy atom. The number of aliphatic hydroxyl groups excluding tert-OH is 1. The Bertz CT molecular complexity index is 1190. The normalized spacial score (nSPS) is 11.2. The molecular formula is C25H24ClN3O. The first kappa shape index (κ1) is 20.5. The predicted molar refractivity (Wildman–Crippen MR) is 124 cm³/mol. The molecule has 2 heterocycles. The van der Waals surface area contributed by atoms with E-state index in [4.69, 9.17) is 21.7 Å². The molecule has 30 heavy (non-hydrogen) atoms. The van der Waals surface area contributed by atoms with Crippen LogP contribution in [0.2, 0.25) is 5.02 Å². The van der Waals surface area contributed by atoms with Gasteiger partial charge in [-0.05, 0) is 72.0 Å². The van der Waals surface area contributed by atoms with Crippen LogP contribution in [0.4, 0.5) is 0 Å². The third-order valence-electron chi connectivity index (χ3n) is 5.33. The van der Waals surface area contributed by atoms with Gasteiger partial charge in [0.15, 0.2) is 0 Å². The summed E-state index contributed by atoms with van der Waals surface area (Å²) >= 11 is 6.60. The van der Waals surface area contributed by atoms with Crippen LogP contribution in [0.1, 0.15) is 16.8 Å². The summed E-state index contributed by atoms with van der Waals surface area (Å²) < 4.78 is 0. The molecule has 0 saturated carbocycles. The lowest BCUT2D eigenvalue weighted by Gasteiger charge is -2.18. The molecule has 0 aliphatic carbocycles. The fourth-order valence-electron chi connectivity index (χ4n) is 4.06. The van der Waals surface area contributed by atoms with Crippen LogP contribution in [-0.4, -0.2) is 28.2 Å². The molecule has 5 heteroatoms. The van der Waals surface area contributed by atoms with E-state index in [9.17, 15) is 0 Å². The summed E-state index contributed by atoms with van der Waals surface area (Å²) in [7, 11) is 0. The zero-order valence-electron chi connectivity index (χ0n) is 17.1. The Labute approximate surface area is 181 Å². The third-order valence-corrected chi connectivity index (χ3v) is 5.66. The number of hydrogen-bond donors (Lipinski definition) is 2. The van der Waals surface area contributed by atoms with Gasteiger partial charge < -0.3 is 10.4 Å². The Hall–Kier alpha value is -2.79. The van der Waals surface area contributed by atoms with E-state index in [2.05, 4.69) is 36.3 Å². The molecule has 2 N–H and O–H groups in total. The van der Waals surface area contributed by atoms with E-state index in [1.54, 1.807) is 0 Å². The molecule has 0 amide bonds. The molecule has 4 nitrogen and oxygen atoms in total. The van der Waals surface area contributed by atoms with Gasteiger partial charge in [0.1, 0.15) is 0 Å². The molecule has 4 rings (SSSR count). The van der Waals surface area contributed by atoms with Crippen molar-refractivity contribution in [3.63, 3.8) is 0 Å². The van der Waals surface area contributed by atoms with Gasteiger partial charge in [0.2, 0.25) is 0 Å². The molecular weight excluding hydrogens is 394 g/mol. The maximum absolute atomic E-state index is 9.09. The molecule has 0 aliphatic heterocycles. The second-order valence-electron chi connectivity index (χ2n) is 7.36. The summed E-state index contributed by atoms with van der Waals surface area (Å²) in [5.41, 5.74) is 8.61. The van der Waals surface area contributed by atoms with Gasteiger partial charge in [-0.1, -0.05) is 29.8 Å². The van der Waals surface area contributed by atoms with Crippen molar-refractivity contribution in [2.45, 2.75) is 20.4 Å². The molecule has 0 atom stereocenters. The van der Waals surface area contributed by atoms with Crippen LogP contribution in [0, 0.1) is 13.8 Å².